The zero-order chi connectivity index (χ0) is 14.0. The minimum absolute atomic E-state index is 0.350. The molecule has 2 heteroatoms. The lowest BCUT2D eigenvalue weighted by atomic mass is 9.66. The first-order valence-corrected chi connectivity index (χ1v) is 8.79. The van der Waals surface area contributed by atoms with Crippen molar-refractivity contribution in [3.05, 3.63) is 35.2 Å². The predicted octanol–water partition coefficient (Wildman–Crippen LogP) is 4.99. The van der Waals surface area contributed by atoms with Gasteiger partial charge in [-0.25, -0.2) is 0 Å². The van der Waals surface area contributed by atoms with Crippen LogP contribution in [0.1, 0.15) is 44.6 Å². The molecule has 0 radical (unpaired) electrons. The average molecular weight is 287 g/mol. The third kappa shape index (κ3) is 2.64. The van der Waals surface area contributed by atoms with Gasteiger partial charge in [0.1, 0.15) is 0 Å². The molecule has 0 bridgehead atoms. The predicted molar refractivity (Wildman–Crippen MR) is 89.3 cm³/mol. The molecule has 20 heavy (non-hydrogen) atoms. The zero-order valence-corrected chi connectivity index (χ0v) is 13.2. The van der Waals surface area contributed by atoms with Crippen LogP contribution in [0.25, 0.3) is 10.1 Å². The summed E-state index contributed by atoms with van der Waals surface area (Å²) in [6.07, 6.45) is 7.88. The van der Waals surface area contributed by atoms with E-state index in [-0.39, 0.29) is 0 Å². The molecule has 108 valence electrons. The summed E-state index contributed by atoms with van der Waals surface area (Å²) in [5.41, 5.74) is 8.09. The smallest absolute Gasteiger partial charge is 0.0345 e. The van der Waals surface area contributed by atoms with E-state index >= 15 is 0 Å². The van der Waals surface area contributed by atoms with E-state index < -0.39 is 0 Å². The SMILES string of the molecule is CCC1CCCC(CN)(Cc2csc3ccccc23)C1. The fourth-order valence-corrected chi connectivity index (χ4v) is 4.89. The Kier molecular flexibility index (Phi) is 4.13. The highest BCUT2D eigenvalue weighted by Crippen LogP contribution is 2.43. The van der Waals surface area contributed by atoms with Gasteiger partial charge in [-0.15, -0.1) is 11.3 Å². The molecule has 0 amide bonds. The Bertz CT molecular complexity index is 574. The summed E-state index contributed by atoms with van der Waals surface area (Å²) in [6.45, 7) is 3.17. The van der Waals surface area contributed by atoms with Crippen molar-refractivity contribution in [2.75, 3.05) is 6.54 Å². The van der Waals surface area contributed by atoms with Crippen LogP contribution in [0.2, 0.25) is 0 Å². The minimum Gasteiger partial charge on any atom is -0.330 e. The van der Waals surface area contributed by atoms with Crippen LogP contribution in [0.4, 0.5) is 0 Å². The second-order valence-corrected chi connectivity index (χ2v) is 7.42. The highest BCUT2D eigenvalue weighted by atomic mass is 32.1. The van der Waals surface area contributed by atoms with Crippen molar-refractivity contribution in [2.24, 2.45) is 17.1 Å². The molecule has 1 aromatic carbocycles. The highest BCUT2D eigenvalue weighted by molar-refractivity contribution is 7.17. The van der Waals surface area contributed by atoms with E-state index in [4.69, 9.17) is 5.73 Å². The second kappa shape index (κ2) is 5.87. The van der Waals surface area contributed by atoms with Gasteiger partial charge < -0.3 is 5.73 Å². The van der Waals surface area contributed by atoms with Crippen molar-refractivity contribution in [1.29, 1.82) is 0 Å². The van der Waals surface area contributed by atoms with Crippen molar-refractivity contribution >= 4 is 21.4 Å². The first-order valence-electron chi connectivity index (χ1n) is 7.91. The molecule has 2 unspecified atom stereocenters. The minimum atomic E-state index is 0.350. The topological polar surface area (TPSA) is 26.0 Å². The summed E-state index contributed by atoms with van der Waals surface area (Å²) < 4.78 is 1.41. The van der Waals surface area contributed by atoms with Crippen molar-refractivity contribution in [2.45, 2.75) is 45.4 Å². The molecule has 0 saturated heterocycles. The Morgan fingerprint density at radius 3 is 3.00 bits per heavy atom. The van der Waals surface area contributed by atoms with Gasteiger partial charge in [-0.05, 0) is 59.5 Å². The van der Waals surface area contributed by atoms with Gasteiger partial charge in [-0.3, -0.25) is 0 Å². The lowest BCUT2D eigenvalue weighted by Gasteiger charge is -2.40. The number of nitrogens with two attached hydrogens (primary N) is 1. The Balaban J connectivity index is 1.87. The summed E-state index contributed by atoms with van der Waals surface area (Å²) >= 11 is 1.88. The number of fused-ring (bicyclic) bond motifs is 1. The quantitative estimate of drug-likeness (QED) is 0.842. The second-order valence-electron chi connectivity index (χ2n) is 6.51. The number of benzene rings is 1. The van der Waals surface area contributed by atoms with Crippen LogP contribution >= 0.6 is 11.3 Å². The molecule has 0 spiro atoms. The summed E-state index contributed by atoms with van der Waals surface area (Å²) in [5.74, 6) is 0.886. The molecular weight excluding hydrogens is 262 g/mol. The summed E-state index contributed by atoms with van der Waals surface area (Å²) in [7, 11) is 0. The fraction of sp³-hybridized carbons (Fsp3) is 0.556. The molecule has 2 N–H and O–H groups in total. The molecule has 1 nitrogen and oxygen atoms in total. The summed E-state index contributed by atoms with van der Waals surface area (Å²) in [5, 5.41) is 3.81. The lowest BCUT2D eigenvalue weighted by Crippen LogP contribution is -2.37. The molecule has 1 heterocycles. The van der Waals surface area contributed by atoms with Crippen LogP contribution in [0.5, 0.6) is 0 Å². The molecule has 1 aliphatic rings. The first-order chi connectivity index (χ1) is 9.76. The molecule has 3 rings (SSSR count). The van der Waals surface area contributed by atoms with Gasteiger partial charge in [0.25, 0.3) is 0 Å². The van der Waals surface area contributed by atoms with Crippen LogP contribution in [0.3, 0.4) is 0 Å². The van der Waals surface area contributed by atoms with E-state index in [2.05, 4.69) is 36.6 Å². The molecule has 2 aromatic rings. The molecule has 2 atom stereocenters. The molecule has 1 saturated carbocycles. The number of thiophene rings is 1. The third-order valence-electron chi connectivity index (χ3n) is 5.18. The third-order valence-corrected chi connectivity index (χ3v) is 6.19. The van der Waals surface area contributed by atoms with Gasteiger partial charge in [0.2, 0.25) is 0 Å². The van der Waals surface area contributed by atoms with E-state index in [9.17, 15) is 0 Å². The van der Waals surface area contributed by atoms with Gasteiger partial charge in [-0.2, -0.15) is 0 Å². The van der Waals surface area contributed by atoms with Crippen molar-refractivity contribution in [3.8, 4) is 0 Å². The normalized spacial score (nSPS) is 27.0. The van der Waals surface area contributed by atoms with E-state index in [1.165, 1.54) is 54.2 Å². The van der Waals surface area contributed by atoms with E-state index in [1.807, 2.05) is 11.3 Å². The molecule has 1 fully saturated rings. The van der Waals surface area contributed by atoms with Crippen molar-refractivity contribution in [1.82, 2.24) is 0 Å². The van der Waals surface area contributed by atoms with Crippen LogP contribution < -0.4 is 5.73 Å². The molecule has 1 aromatic heterocycles. The molecule has 1 aliphatic carbocycles. The van der Waals surface area contributed by atoms with Crippen LogP contribution in [0, 0.1) is 11.3 Å². The van der Waals surface area contributed by atoms with Crippen LogP contribution in [-0.4, -0.2) is 6.54 Å². The maximum Gasteiger partial charge on any atom is 0.0345 e. The van der Waals surface area contributed by atoms with Crippen molar-refractivity contribution < 1.29 is 0 Å². The monoisotopic (exact) mass is 287 g/mol. The molecular formula is C18H25NS. The van der Waals surface area contributed by atoms with Crippen LogP contribution in [-0.2, 0) is 6.42 Å². The Morgan fingerprint density at radius 1 is 1.35 bits per heavy atom. The van der Waals surface area contributed by atoms with Gasteiger partial charge >= 0.3 is 0 Å². The van der Waals surface area contributed by atoms with Crippen LogP contribution in [0.15, 0.2) is 29.6 Å². The maximum absolute atomic E-state index is 6.22. The summed E-state index contributed by atoms with van der Waals surface area (Å²) in [4.78, 5) is 0. The Labute approximate surface area is 126 Å². The maximum atomic E-state index is 6.22. The summed E-state index contributed by atoms with van der Waals surface area (Å²) in [6, 6.07) is 8.79. The van der Waals surface area contributed by atoms with E-state index in [1.54, 1.807) is 0 Å². The highest BCUT2D eigenvalue weighted by Gasteiger charge is 2.35. The molecule has 0 aliphatic heterocycles. The van der Waals surface area contributed by atoms with Crippen molar-refractivity contribution in [3.63, 3.8) is 0 Å². The average Bonchev–Trinajstić information content (AvgIpc) is 2.90. The fourth-order valence-electron chi connectivity index (χ4n) is 3.92. The van der Waals surface area contributed by atoms with E-state index in [0.717, 1.165) is 12.5 Å². The van der Waals surface area contributed by atoms with Gasteiger partial charge in [-0.1, -0.05) is 44.4 Å². The number of hydrogen-bond acceptors (Lipinski definition) is 2. The standard InChI is InChI=1S/C18H25NS/c1-2-14-6-5-9-18(10-14,13-19)11-15-12-20-17-8-4-3-7-16(15)17/h3-4,7-8,12,14H,2,5-6,9-11,13,19H2,1H3. The lowest BCUT2D eigenvalue weighted by molar-refractivity contribution is 0.143. The Morgan fingerprint density at radius 2 is 2.20 bits per heavy atom. The number of rotatable bonds is 4. The largest absolute Gasteiger partial charge is 0.330 e. The van der Waals surface area contributed by atoms with Gasteiger partial charge in [0, 0.05) is 4.70 Å². The first kappa shape index (κ1) is 14.1. The number of hydrogen-bond donors (Lipinski definition) is 1. The van der Waals surface area contributed by atoms with Gasteiger partial charge in [0.15, 0.2) is 0 Å². The Hall–Kier alpha value is -0.860. The van der Waals surface area contributed by atoms with Gasteiger partial charge in [0.05, 0.1) is 0 Å². The van der Waals surface area contributed by atoms with E-state index in [0.29, 0.717) is 5.41 Å². The zero-order valence-electron chi connectivity index (χ0n) is 12.4.